The highest BCUT2D eigenvalue weighted by Gasteiger charge is 2.30. The Morgan fingerprint density at radius 2 is 1.88 bits per heavy atom. The van der Waals surface area contributed by atoms with Crippen molar-refractivity contribution < 1.29 is 17.6 Å². The first-order valence-electron chi connectivity index (χ1n) is 6.53. The molecule has 5 N–H and O–H groups in total. The van der Waals surface area contributed by atoms with Gasteiger partial charge >= 0.3 is 12.2 Å². The van der Waals surface area contributed by atoms with Crippen LogP contribution in [0.3, 0.4) is 0 Å². The predicted octanol–water partition coefficient (Wildman–Crippen LogP) is 2.94. The standard InChI is InChI=1S/C15H12F3N5O/c16-15(17,18)10-3-1-9(2-4-10)12-8-22-14(24-12)23-13(21)6-5-11(20)7-19/h1-6,8H,20-21H2,(H,22,23)/b11-5-,13-6+. The molecule has 24 heavy (non-hydrogen) atoms. The number of nitrogens with zero attached hydrogens (tertiary/aromatic N) is 2. The fourth-order valence-corrected chi connectivity index (χ4v) is 1.67. The molecule has 0 aliphatic carbocycles. The minimum Gasteiger partial charge on any atom is -0.423 e. The summed E-state index contributed by atoms with van der Waals surface area (Å²) in [5, 5.41) is 11.1. The van der Waals surface area contributed by atoms with Crippen LogP contribution in [0.25, 0.3) is 11.3 Å². The second-order valence-electron chi connectivity index (χ2n) is 4.59. The van der Waals surface area contributed by atoms with E-state index in [4.69, 9.17) is 21.1 Å². The number of oxazole rings is 1. The van der Waals surface area contributed by atoms with E-state index in [9.17, 15) is 13.2 Å². The van der Waals surface area contributed by atoms with E-state index >= 15 is 0 Å². The summed E-state index contributed by atoms with van der Waals surface area (Å²) in [5.74, 6) is 0.389. The number of nitrogens with one attached hydrogen (secondary N) is 1. The number of nitrogens with two attached hydrogens (primary N) is 2. The predicted molar refractivity (Wildman–Crippen MR) is 80.7 cm³/mol. The molecule has 0 amide bonds. The third kappa shape index (κ3) is 4.30. The lowest BCUT2D eigenvalue weighted by atomic mass is 10.1. The quantitative estimate of drug-likeness (QED) is 0.585. The van der Waals surface area contributed by atoms with Gasteiger partial charge < -0.3 is 15.9 Å². The average molecular weight is 335 g/mol. The van der Waals surface area contributed by atoms with E-state index in [1.165, 1.54) is 30.5 Å². The summed E-state index contributed by atoms with van der Waals surface area (Å²) in [4.78, 5) is 3.91. The van der Waals surface area contributed by atoms with Crippen molar-refractivity contribution >= 4 is 6.01 Å². The van der Waals surface area contributed by atoms with Gasteiger partial charge in [0, 0.05) is 5.56 Å². The molecule has 0 bridgehead atoms. The molecule has 1 aromatic carbocycles. The van der Waals surface area contributed by atoms with E-state index in [0.717, 1.165) is 12.1 Å². The Balaban J connectivity index is 2.12. The molecule has 124 valence electrons. The summed E-state index contributed by atoms with van der Waals surface area (Å²) < 4.78 is 42.9. The fourth-order valence-electron chi connectivity index (χ4n) is 1.67. The maximum absolute atomic E-state index is 12.5. The van der Waals surface area contributed by atoms with Crippen molar-refractivity contribution in [3.05, 3.63) is 59.7 Å². The molecule has 0 unspecified atom stereocenters. The first-order valence-corrected chi connectivity index (χ1v) is 6.53. The summed E-state index contributed by atoms with van der Waals surface area (Å²) in [6.07, 6.45) is -0.412. The number of hydrogen-bond donors (Lipinski definition) is 3. The Hall–Kier alpha value is -3.41. The van der Waals surface area contributed by atoms with Crippen LogP contribution in [0.2, 0.25) is 0 Å². The average Bonchev–Trinajstić information content (AvgIpc) is 3.00. The van der Waals surface area contributed by atoms with Gasteiger partial charge in [-0.3, -0.25) is 5.32 Å². The van der Waals surface area contributed by atoms with E-state index in [1.807, 2.05) is 0 Å². The molecule has 6 nitrogen and oxygen atoms in total. The number of hydrogen-bond acceptors (Lipinski definition) is 6. The highest BCUT2D eigenvalue weighted by Crippen LogP contribution is 2.31. The third-order valence-electron chi connectivity index (χ3n) is 2.83. The zero-order valence-electron chi connectivity index (χ0n) is 12.1. The first kappa shape index (κ1) is 17.0. The van der Waals surface area contributed by atoms with Crippen LogP contribution in [0.4, 0.5) is 19.2 Å². The third-order valence-corrected chi connectivity index (χ3v) is 2.83. The Bertz CT molecular complexity index is 813. The Morgan fingerprint density at radius 3 is 2.46 bits per heavy atom. The van der Waals surface area contributed by atoms with Gasteiger partial charge in [0.05, 0.1) is 11.8 Å². The Morgan fingerprint density at radius 1 is 1.21 bits per heavy atom. The largest absolute Gasteiger partial charge is 0.423 e. The van der Waals surface area contributed by atoms with Crippen molar-refractivity contribution in [2.24, 2.45) is 11.5 Å². The second-order valence-corrected chi connectivity index (χ2v) is 4.59. The monoisotopic (exact) mass is 335 g/mol. The minimum absolute atomic E-state index is 0.0300. The van der Waals surface area contributed by atoms with Crippen molar-refractivity contribution in [1.29, 1.82) is 5.26 Å². The molecule has 0 radical (unpaired) electrons. The molecule has 0 saturated carbocycles. The van der Waals surface area contributed by atoms with Gasteiger partial charge in [0.25, 0.3) is 0 Å². The maximum atomic E-state index is 12.5. The van der Waals surface area contributed by atoms with Gasteiger partial charge in [-0.05, 0) is 24.3 Å². The minimum atomic E-state index is -4.40. The van der Waals surface area contributed by atoms with E-state index < -0.39 is 11.7 Å². The topological polar surface area (TPSA) is 114 Å². The van der Waals surface area contributed by atoms with Crippen LogP contribution in [0.15, 0.2) is 58.5 Å². The van der Waals surface area contributed by atoms with Crippen molar-refractivity contribution in [1.82, 2.24) is 4.98 Å². The molecular formula is C15H12F3N5O. The number of nitriles is 1. The van der Waals surface area contributed by atoms with Crippen LogP contribution in [-0.4, -0.2) is 4.98 Å². The number of alkyl halides is 3. The molecule has 0 aliphatic heterocycles. The molecule has 1 aromatic heterocycles. The molecule has 9 heteroatoms. The number of rotatable bonds is 4. The molecule has 2 aromatic rings. The molecule has 0 saturated heterocycles. The van der Waals surface area contributed by atoms with E-state index in [1.54, 1.807) is 6.07 Å². The first-order chi connectivity index (χ1) is 11.3. The molecule has 0 fully saturated rings. The Labute approximate surface area is 134 Å². The SMILES string of the molecule is N#C/C(N)=C/C=C(\N)Nc1ncc(-c2ccc(C(F)(F)F)cc2)o1. The van der Waals surface area contributed by atoms with Crippen LogP contribution in [0.1, 0.15) is 5.56 Å². The normalized spacial score (nSPS) is 12.8. The highest BCUT2D eigenvalue weighted by molar-refractivity contribution is 5.58. The summed E-state index contributed by atoms with van der Waals surface area (Å²) >= 11 is 0. The fraction of sp³-hybridized carbons (Fsp3) is 0.0667. The van der Waals surface area contributed by atoms with Crippen LogP contribution in [0.5, 0.6) is 0 Å². The van der Waals surface area contributed by atoms with Crippen LogP contribution < -0.4 is 16.8 Å². The summed E-state index contributed by atoms with van der Waals surface area (Å²) in [6.45, 7) is 0. The summed E-state index contributed by atoms with van der Waals surface area (Å²) in [6, 6.07) is 6.23. The summed E-state index contributed by atoms with van der Waals surface area (Å²) in [7, 11) is 0. The van der Waals surface area contributed by atoms with E-state index in [-0.39, 0.29) is 23.3 Å². The molecule has 0 aliphatic rings. The summed E-state index contributed by atoms with van der Waals surface area (Å²) in [5.41, 5.74) is 10.6. The van der Waals surface area contributed by atoms with E-state index in [2.05, 4.69) is 10.3 Å². The lowest BCUT2D eigenvalue weighted by molar-refractivity contribution is -0.137. The van der Waals surface area contributed by atoms with Crippen LogP contribution in [-0.2, 0) is 6.18 Å². The number of aromatic nitrogens is 1. The number of allylic oxidation sites excluding steroid dienone is 3. The van der Waals surface area contributed by atoms with Gasteiger partial charge in [-0.25, -0.2) is 4.98 Å². The van der Waals surface area contributed by atoms with Crippen molar-refractivity contribution in [3.8, 4) is 17.4 Å². The molecule has 1 heterocycles. The van der Waals surface area contributed by atoms with Gasteiger partial charge in [0.2, 0.25) is 0 Å². The zero-order valence-corrected chi connectivity index (χ0v) is 12.1. The highest BCUT2D eigenvalue weighted by atomic mass is 19.4. The van der Waals surface area contributed by atoms with Gasteiger partial charge in [-0.1, -0.05) is 12.1 Å². The maximum Gasteiger partial charge on any atom is 0.416 e. The molecule has 2 rings (SSSR count). The van der Waals surface area contributed by atoms with Gasteiger partial charge in [-0.2, -0.15) is 18.4 Å². The molecule has 0 atom stereocenters. The zero-order chi connectivity index (χ0) is 17.7. The van der Waals surface area contributed by atoms with Crippen LogP contribution >= 0.6 is 0 Å². The van der Waals surface area contributed by atoms with Crippen molar-refractivity contribution in [3.63, 3.8) is 0 Å². The number of benzene rings is 1. The van der Waals surface area contributed by atoms with Crippen molar-refractivity contribution in [2.45, 2.75) is 6.18 Å². The second kappa shape index (κ2) is 6.78. The lowest BCUT2D eigenvalue weighted by Gasteiger charge is -2.06. The Kier molecular flexibility index (Phi) is 4.79. The van der Waals surface area contributed by atoms with E-state index in [0.29, 0.717) is 5.56 Å². The molecular weight excluding hydrogens is 323 g/mol. The van der Waals surface area contributed by atoms with Gasteiger partial charge in [0.1, 0.15) is 17.6 Å². The van der Waals surface area contributed by atoms with Crippen LogP contribution in [0, 0.1) is 11.3 Å². The number of halogens is 3. The smallest absolute Gasteiger partial charge is 0.416 e. The van der Waals surface area contributed by atoms with Gasteiger partial charge in [-0.15, -0.1) is 0 Å². The lowest BCUT2D eigenvalue weighted by Crippen LogP contribution is -2.09. The number of anilines is 1. The van der Waals surface area contributed by atoms with Crippen molar-refractivity contribution in [2.75, 3.05) is 5.32 Å². The van der Waals surface area contributed by atoms with Gasteiger partial charge in [0.15, 0.2) is 5.76 Å². The molecule has 0 spiro atoms.